The molecule has 0 atom stereocenters. The van der Waals surface area contributed by atoms with Gasteiger partial charge >= 0.3 is 0 Å². The van der Waals surface area contributed by atoms with Crippen LogP contribution in [0, 0.1) is 0 Å². The molecule has 6 heteroatoms. The minimum absolute atomic E-state index is 0.0587. The minimum Gasteiger partial charge on any atom is -0.368 e. The Labute approximate surface area is 151 Å². The normalized spacial score (nSPS) is 20.9. The number of halogens is 1. The van der Waals surface area contributed by atoms with E-state index in [2.05, 4.69) is 21.3 Å². The molecule has 0 radical (unpaired) electrons. The van der Waals surface area contributed by atoms with E-state index in [0.29, 0.717) is 5.02 Å². The third kappa shape index (κ3) is 2.26. The highest BCUT2D eigenvalue weighted by Gasteiger charge is 2.58. The summed E-state index contributed by atoms with van der Waals surface area (Å²) in [6.45, 7) is 3.86. The molecule has 1 aliphatic carbocycles. The van der Waals surface area contributed by atoms with E-state index in [9.17, 15) is 4.79 Å². The van der Waals surface area contributed by atoms with Gasteiger partial charge in [-0.25, -0.2) is 0 Å². The minimum atomic E-state index is -0.221. The maximum atomic E-state index is 13.1. The SMILES string of the molecule is O=C1c2ccc(Cl)cc2C2(CC2)N1c1cncc(N2CCNCC2)c1. The number of piperazine rings is 1. The summed E-state index contributed by atoms with van der Waals surface area (Å²) in [7, 11) is 0. The standard InChI is InChI=1S/C19H19ClN4O/c20-13-1-2-16-17(9-13)19(3-4-19)24(18(16)25)15-10-14(11-22-12-15)23-7-5-21-6-8-23/h1-2,9-12,21H,3-8H2. The summed E-state index contributed by atoms with van der Waals surface area (Å²) in [5, 5.41) is 4.05. The van der Waals surface area contributed by atoms with Crippen LogP contribution in [0.1, 0.15) is 28.8 Å². The first-order valence-corrected chi connectivity index (χ1v) is 9.12. The molecule has 0 unspecified atom stereocenters. The van der Waals surface area contributed by atoms with E-state index in [1.807, 2.05) is 23.2 Å². The highest BCUT2D eigenvalue weighted by atomic mass is 35.5. The molecule has 1 spiro atoms. The van der Waals surface area contributed by atoms with Crippen molar-refractivity contribution in [3.8, 4) is 0 Å². The Balaban J connectivity index is 1.55. The molecule has 1 aromatic carbocycles. The lowest BCUT2D eigenvalue weighted by Crippen LogP contribution is -2.43. The Morgan fingerprint density at radius 1 is 1.08 bits per heavy atom. The fraction of sp³-hybridized carbons (Fsp3) is 0.368. The molecule has 3 aliphatic rings. The number of hydrogen-bond acceptors (Lipinski definition) is 4. The number of anilines is 2. The lowest BCUT2D eigenvalue weighted by Gasteiger charge is -2.31. The summed E-state index contributed by atoms with van der Waals surface area (Å²) in [4.78, 5) is 21.8. The Kier molecular flexibility index (Phi) is 3.30. The van der Waals surface area contributed by atoms with Gasteiger partial charge in [-0.3, -0.25) is 14.7 Å². The first-order chi connectivity index (χ1) is 12.2. The van der Waals surface area contributed by atoms with Crippen LogP contribution in [-0.4, -0.2) is 37.1 Å². The molecule has 3 heterocycles. The van der Waals surface area contributed by atoms with Crippen molar-refractivity contribution in [2.24, 2.45) is 0 Å². The van der Waals surface area contributed by atoms with Crippen molar-refractivity contribution in [2.75, 3.05) is 36.0 Å². The highest BCUT2D eigenvalue weighted by Crippen LogP contribution is 2.58. The molecule has 1 saturated heterocycles. The van der Waals surface area contributed by atoms with Gasteiger partial charge in [-0.05, 0) is 42.7 Å². The maximum absolute atomic E-state index is 13.1. The van der Waals surface area contributed by atoms with E-state index >= 15 is 0 Å². The molecular weight excluding hydrogens is 336 g/mol. The molecule has 5 nitrogen and oxygen atoms in total. The van der Waals surface area contributed by atoms with Gasteiger partial charge in [0, 0.05) is 36.8 Å². The molecule has 2 fully saturated rings. The van der Waals surface area contributed by atoms with Gasteiger partial charge in [-0.2, -0.15) is 0 Å². The second-order valence-electron chi connectivity index (χ2n) is 7.00. The molecule has 1 amide bonds. The van der Waals surface area contributed by atoms with Crippen molar-refractivity contribution in [3.63, 3.8) is 0 Å². The van der Waals surface area contributed by atoms with E-state index < -0.39 is 0 Å². The summed E-state index contributed by atoms with van der Waals surface area (Å²) < 4.78 is 0. The van der Waals surface area contributed by atoms with E-state index in [1.54, 1.807) is 12.3 Å². The second-order valence-corrected chi connectivity index (χ2v) is 7.44. The van der Waals surface area contributed by atoms with Crippen LogP contribution in [0.2, 0.25) is 5.02 Å². The van der Waals surface area contributed by atoms with E-state index in [1.165, 1.54) is 0 Å². The molecule has 5 rings (SSSR count). The molecule has 1 aromatic heterocycles. The van der Waals surface area contributed by atoms with Crippen LogP contribution >= 0.6 is 11.6 Å². The first kappa shape index (κ1) is 15.2. The number of nitrogens with zero attached hydrogens (tertiary/aromatic N) is 3. The first-order valence-electron chi connectivity index (χ1n) is 8.74. The summed E-state index contributed by atoms with van der Waals surface area (Å²) in [6, 6.07) is 7.71. The monoisotopic (exact) mass is 354 g/mol. The van der Waals surface area contributed by atoms with Crippen LogP contribution in [0.4, 0.5) is 11.4 Å². The molecule has 1 saturated carbocycles. The van der Waals surface area contributed by atoms with Crippen LogP contribution in [0.3, 0.4) is 0 Å². The Bertz CT molecular complexity index is 858. The Hall–Kier alpha value is -2.11. The number of carbonyl (C=O) groups is 1. The quantitative estimate of drug-likeness (QED) is 0.901. The molecule has 2 aliphatic heterocycles. The third-order valence-electron chi connectivity index (χ3n) is 5.52. The number of benzene rings is 1. The fourth-order valence-electron chi connectivity index (χ4n) is 4.13. The van der Waals surface area contributed by atoms with Gasteiger partial charge in [0.2, 0.25) is 0 Å². The average molecular weight is 355 g/mol. The zero-order valence-electron chi connectivity index (χ0n) is 13.8. The zero-order valence-corrected chi connectivity index (χ0v) is 14.6. The second kappa shape index (κ2) is 5.44. The smallest absolute Gasteiger partial charge is 0.259 e. The van der Waals surface area contributed by atoms with E-state index in [4.69, 9.17) is 11.6 Å². The zero-order chi connectivity index (χ0) is 17.0. The number of pyridine rings is 1. The summed E-state index contributed by atoms with van der Waals surface area (Å²) in [5.41, 5.74) is 3.58. The van der Waals surface area contributed by atoms with Gasteiger partial charge in [0.1, 0.15) is 0 Å². The fourth-order valence-corrected chi connectivity index (χ4v) is 4.31. The molecule has 0 bridgehead atoms. The number of aromatic nitrogens is 1. The molecule has 128 valence electrons. The lowest BCUT2D eigenvalue weighted by atomic mass is 10.0. The highest BCUT2D eigenvalue weighted by molar-refractivity contribution is 6.31. The Morgan fingerprint density at radius 2 is 1.84 bits per heavy atom. The largest absolute Gasteiger partial charge is 0.368 e. The van der Waals surface area contributed by atoms with Crippen molar-refractivity contribution in [2.45, 2.75) is 18.4 Å². The van der Waals surface area contributed by atoms with Gasteiger partial charge in [-0.15, -0.1) is 0 Å². The topological polar surface area (TPSA) is 48.5 Å². The van der Waals surface area contributed by atoms with Gasteiger partial charge in [0.25, 0.3) is 5.91 Å². The summed E-state index contributed by atoms with van der Waals surface area (Å²) in [6.07, 6.45) is 5.64. The number of nitrogens with one attached hydrogen (secondary N) is 1. The molecule has 2 aromatic rings. The van der Waals surface area contributed by atoms with Crippen LogP contribution in [-0.2, 0) is 5.54 Å². The number of amides is 1. The van der Waals surface area contributed by atoms with Gasteiger partial charge < -0.3 is 10.2 Å². The number of fused-ring (bicyclic) bond motifs is 2. The predicted octanol–water partition coefficient (Wildman–Crippen LogP) is 2.79. The van der Waals surface area contributed by atoms with E-state index in [-0.39, 0.29) is 11.4 Å². The summed E-state index contributed by atoms with van der Waals surface area (Å²) >= 11 is 6.19. The molecule has 1 N–H and O–H groups in total. The number of hydrogen-bond donors (Lipinski definition) is 1. The number of rotatable bonds is 2. The van der Waals surface area contributed by atoms with Crippen molar-refractivity contribution in [3.05, 3.63) is 52.8 Å². The van der Waals surface area contributed by atoms with Crippen LogP contribution < -0.4 is 15.1 Å². The van der Waals surface area contributed by atoms with Crippen molar-refractivity contribution >= 4 is 28.9 Å². The van der Waals surface area contributed by atoms with Crippen molar-refractivity contribution in [1.82, 2.24) is 10.3 Å². The van der Waals surface area contributed by atoms with Gasteiger partial charge in [0.05, 0.1) is 29.3 Å². The third-order valence-corrected chi connectivity index (χ3v) is 5.75. The van der Waals surface area contributed by atoms with Crippen molar-refractivity contribution < 1.29 is 4.79 Å². The van der Waals surface area contributed by atoms with Gasteiger partial charge in [-0.1, -0.05) is 11.6 Å². The lowest BCUT2D eigenvalue weighted by molar-refractivity contribution is 0.0989. The Morgan fingerprint density at radius 3 is 2.60 bits per heavy atom. The maximum Gasteiger partial charge on any atom is 0.259 e. The van der Waals surface area contributed by atoms with Crippen molar-refractivity contribution in [1.29, 1.82) is 0 Å². The predicted molar refractivity (Wildman–Crippen MR) is 98.5 cm³/mol. The van der Waals surface area contributed by atoms with Crippen LogP contribution in [0.15, 0.2) is 36.7 Å². The molecule has 25 heavy (non-hydrogen) atoms. The van der Waals surface area contributed by atoms with Crippen LogP contribution in [0.5, 0.6) is 0 Å². The van der Waals surface area contributed by atoms with Gasteiger partial charge in [0.15, 0.2) is 0 Å². The van der Waals surface area contributed by atoms with E-state index in [0.717, 1.165) is 61.5 Å². The molecular formula is C19H19ClN4O. The summed E-state index contributed by atoms with van der Waals surface area (Å²) in [5.74, 6) is 0.0587. The number of carbonyl (C=O) groups excluding carboxylic acids is 1. The van der Waals surface area contributed by atoms with Crippen LogP contribution in [0.25, 0.3) is 0 Å². The average Bonchev–Trinajstić information content (AvgIpc) is 3.40.